The number of aliphatic hydroxyl groups excluding tert-OH is 1. The molecule has 2 aromatic rings. The van der Waals surface area contributed by atoms with Crippen molar-refractivity contribution in [3.8, 4) is 23.0 Å². The number of hydrogen-bond acceptors (Lipinski definition) is 6. The van der Waals surface area contributed by atoms with E-state index in [0.717, 1.165) is 11.1 Å². The fraction of sp³-hybridized carbons (Fsp3) is 0.292. The van der Waals surface area contributed by atoms with E-state index < -0.39 is 0 Å². The number of aliphatic hydroxyl groups is 1. The Bertz CT molecular complexity index is 929. The van der Waals surface area contributed by atoms with Gasteiger partial charge in [-0.15, -0.1) is 0 Å². The highest BCUT2D eigenvalue weighted by atomic mass is 16.5. The van der Waals surface area contributed by atoms with Gasteiger partial charge < -0.3 is 24.1 Å². The zero-order chi connectivity index (χ0) is 22.1. The third-order valence-corrected chi connectivity index (χ3v) is 4.65. The van der Waals surface area contributed by atoms with Gasteiger partial charge in [-0.3, -0.25) is 4.79 Å². The van der Waals surface area contributed by atoms with Crippen LogP contribution in [0.1, 0.15) is 30.4 Å². The number of benzene rings is 2. The lowest BCUT2D eigenvalue weighted by atomic mass is 9.95. The zero-order valence-electron chi connectivity index (χ0n) is 18.0. The Morgan fingerprint density at radius 3 is 2.07 bits per heavy atom. The molecule has 30 heavy (non-hydrogen) atoms. The van der Waals surface area contributed by atoms with Crippen molar-refractivity contribution < 1.29 is 28.8 Å². The van der Waals surface area contributed by atoms with E-state index in [1.807, 2.05) is 31.2 Å². The molecule has 0 heterocycles. The number of allylic oxidation sites excluding steroid dienone is 2. The van der Waals surface area contributed by atoms with Gasteiger partial charge in [0.15, 0.2) is 28.8 Å². The van der Waals surface area contributed by atoms with Gasteiger partial charge in [-0.2, -0.15) is 0 Å². The molecule has 1 atom stereocenters. The van der Waals surface area contributed by atoms with Crippen molar-refractivity contribution in [2.45, 2.75) is 19.3 Å². The largest absolute Gasteiger partial charge is 0.508 e. The molecular formula is C24H28O6. The molecule has 6 nitrogen and oxygen atoms in total. The minimum absolute atomic E-state index is 0.0452. The normalized spacial score (nSPS) is 12.5. The van der Waals surface area contributed by atoms with E-state index >= 15 is 0 Å². The standard InChI is InChI=1S/C24H28O6/c1-16(18-8-11-22(28-3)24(14-18)30-5)12-20(26)15-19(25)9-6-17-7-10-21(27-2)23(13-17)29-4/h6-11,13-16,25H,12H2,1-5H3/b9-6+,19-15?. The first-order valence-electron chi connectivity index (χ1n) is 9.47. The van der Waals surface area contributed by atoms with Crippen LogP contribution in [-0.2, 0) is 4.79 Å². The molecule has 2 aromatic carbocycles. The van der Waals surface area contributed by atoms with Crippen LogP contribution in [0.2, 0.25) is 0 Å². The molecule has 0 amide bonds. The van der Waals surface area contributed by atoms with Crippen LogP contribution in [0.3, 0.4) is 0 Å². The summed E-state index contributed by atoms with van der Waals surface area (Å²) in [5.41, 5.74) is 1.76. The maximum atomic E-state index is 12.3. The van der Waals surface area contributed by atoms with Gasteiger partial charge in [-0.05, 0) is 47.4 Å². The quantitative estimate of drug-likeness (QED) is 0.339. The van der Waals surface area contributed by atoms with Gasteiger partial charge in [-0.1, -0.05) is 25.1 Å². The highest BCUT2D eigenvalue weighted by Gasteiger charge is 2.13. The number of methoxy groups -OCH3 is 4. The van der Waals surface area contributed by atoms with Crippen molar-refractivity contribution in [1.29, 1.82) is 0 Å². The third kappa shape index (κ3) is 6.04. The van der Waals surface area contributed by atoms with E-state index in [1.54, 1.807) is 46.6 Å². The molecule has 0 saturated carbocycles. The summed E-state index contributed by atoms with van der Waals surface area (Å²) in [5.74, 6) is 2.12. The van der Waals surface area contributed by atoms with Crippen LogP contribution >= 0.6 is 0 Å². The SMILES string of the molecule is COc1ccc(/C=C/C(O)=CC(=O)CC(C)c2ccc(OC)c(OC)c2)cc1OC. The van der Waals surface area contributed by atoms with E-state index in [2.05, 4.69) is 0 Å². The van der Waals surface area contributed by atoms with Gasteiger partial charge in [-0.25, -0.2) is 0 Å². The number of carbonyl (C=O) groups is 1. The van der Waals surface area contributed by atoms with Gasteiger partial charge in [0.2, 0.25) is 0 Å². The fourth-order valence-electron chi connectivity index (χ4n) is 2.99. The maximum Gasteiger partial charge on any atom is 0.161 e. The molecule has 0 spiro atoms. The maximum absolute atomic E-state index is 12.3. The lowest BCUT2D eigenvalue weighted by Crippen LogP contribution is -2.03. The molecule has 1 unspecified atom stereocenters. The van der Waals surface area contributed by atoms with Crippen molar-refractivity contribution in [1.82, 2.24) is 0 Å². The topological polar surface area (TPSA) is 74.2 Å². The zero-order valence-corrected chi connectivity index (χ0v) is 18.0. The van der Waals surface area contributed by atoms with Crippen LogP contribution in [0.4, 0.5) is 0 Å². The molecule has 0 aliphatic heterocycles. The molecule has 0 aliphatic rings. The van der Waals surface area contributed by atoms with Crippen molar-refractivity contribution in [2.75, 3.05) is 28.4 Å². The summed E-state index contributed by atoms with van der Waals surface area (Å²) >= 11 is 0. The molecule has 6 heteroatoms. The second-order valence-electron chi connectivity index (χ2n) is 6.70. The van der Waals surface area contributed by atoms with E-state index in [9.17, 15) is 9.90 Å². The molecule has 0 fully saturated rings. The third-order valence-electron chi connectivity index (χ3n) is 4.65. The number of hydrogen-bond donors (Lipinski definition) is 1. The molecule has 1 N–H and O–H groups in total. The first-order chi connectivity index (χ1) is 14.4. The van der Waals surface area contributed by atoms with Gasteiger partial charge in [0.1, 0.15) is 5.76 Å². The number of ether oxygens (including phenoxy) is 4. The monoisotopic (exact) mass is 412 g/mol. The second-order valence-corrected chi connectivity index (χ2v) is 6.70. The fourth-order valence-corrected chi connectivity index (χ4v) is 2.99. The molecule has 0 aromatic heterocycles. The predicted molar refractivity (Wildman–Crippen MR) is 117 cm³/mol. The number of ketones is 1. The predicted octanol–water partition coefficient (Wildman–Crippen LogP) is 4.94. The molecule has 2 rings (SSSR count). The van der Waals surface area contributed by atoms with Crippen molar-refractivity contribution in [3.63, 3.8) is 0 Å². The lowest BCUT2D eigenvalue weighted by Gasteiger charge is -2.13. The van der Waals surface area contributed by atoms with Gasteiger partial charge >= 0.3 is 0 Å². The van der Waals surface area contributed by atoms with E-state index in [1.165, 1.54) is 12.2 Å². The van der Waals surface area contributed by atoms with Crippen molar-refractivity contribution in [2.24, 2.45) is 0 Å². The number of carbonyl (C=O) groups excluding carboxylic acids is 1. The minimum Gasteiger partial charge on any atom is -0.508 e. The Labute approximate surface area is 177 Å². The van der Waals surface area contributed by atoms with Crippen LogP contribution in [0.5, 0.6) is 23.0 Å². The lowest BCUT2D eigenvalue weighted by molar-refractivity contribution is -0.115. The average Bonchev–Trinajstić information content (AvgIpc) is 2.76. The summed E-state index contributed by atoms with van der Waals surface area (Å²) in [5, 5.41) is 10.1. The first-order valence-corrected chi connectivity index (χ1v) is 9.47. The summed E-state index contributed by atoms with van der Waals surface area (Å²) in [6.45, 7) is 1.95. The van der Waals surface area contributed by atoms with Gasteiger partial charge in [0.05, 0.1) is 28.4 Å². The van der Waals surface area contributed by atoms with E-state index in [-0.39, 0.29) is 23.9 Å². The molecular weight excluding hydrogens is 384 g/mol. The summed E-state index contributed by atoms with van der Waals surface area (Å²) in [6.07, 6.45) is 4.65. The minimum atomic E-state index is -0.174. The molecule has 0 saturated heterocycles. The van der Waals surface area contributed by atoms with Crippen LogP contribution < -0.4 is 18.9 Å². The average molecular weight is 412 g/mol. The summed E-state index contributed by atoms with van der Waals surface area (Å²) in [6, 6.07) is 11.0. The first kappa shape index (κ1) is 22.9. The van der Waals surface area contributed by atoms with E-state index in [0.29, 0.717) is 23.0 Å². The summed E-state index contributed by atoms with van der Waals surface area (Å²) in [4.78, 5) is 12.3. The van der Waals surface area contributed by atoms with Crippen LogP contribution in [-0.4, -0.2) is 39.3 Å². The molecule has 160 valence electrons. The summed E-state index contributed by atoms with van der Waals surface area (Å²) in [7, 11) is 6.27. The van der Waals surface area contributed by atoms with Crippen LogP contribution in [0, 0.1) is 0 Å². The number of rotatable bonds is 10. The highest BCUT2D eigenvalue weighted by molar-refractivity contribution is 5.91. The Morgan fingerprint density at radius 2 is 1.47 bits per heavy atom. The van der Waals surface area contributed by atoms with Crippen molar-refractivity contribution >= 4 is 11.9 Å². The Balaban J connectivity index is 2.04. The van der Waals surface area contributed by atoms with Crippen molar-refractivity contribution in [3.05, 3.63) is 65.4 Å². The molecule has 0 aliphatic carbocycles. The second kappa shape index (κ2) is 11.0. The molecule has 0 radical (unpaired) electrons. The Morgan fingerprint density at radius 1 is 0.900 bits per heavy atom. The van der Waals surface area contributed by atoms with Gasteiger partial charge in [0.25, 0.3) is 0 Å². The Kier molecular flexibility index (Phi) is 8.35. The van der Waals surface area contributed by atoms with Crippen LogP contribution in [0.15, 0.2) is 54.3 Å². The van der Waals surface area contributed by atoms with Crippen LogP contribution in [0.25, 0.3) is 6.08 Å². The summed E-state index contributed by atoms with van der Waals surface area (Å²) < 4.78 is 21.0. The smallest absolute Gasteiger partial charge is 0.161 e. The highest BCUT2D eigenvalue weighted by Crippen LogP contribution is 2.32. The Hall–Kier alpha value is -3.41. The van der Waals surface area contributed by atoms with E-state index in [4.69, 9.17) is 18.9 Å². The molecule has 0 bridgehead atoms. The van der Waals surface area contributed by atoms with Gasteiger partial charge in [0, 0.05) is 12.5 Å².